The Labute approximate surface area is 108 Å². The summed E-state index contributed by atoms with van der Waals surface area (Å²) in [6, 6.07) is 17.1. The molecule has 0 saturated carbocycles. The van der Waals surface area contributed by atoms with E-state index in [0.29, 0.717) is 0 Å². The fourth-order valence-corrected chi connectivity index (χ4v) is 1.89. The zero-order chi connectivity index (χ0) is 13.0. The van der Waals surface area contributed by atoms with Crippen molar-refractivity contribution in [1.29, 1.82) is 0 Å². The first-order valence-electron chi connectivity index (χ1n) is 6.02. The highest BCUT2D eigenvalue weighted by Gasteiger charge is 2.11. The van der Waals surface area contributed by atoms with Crippen molar-refractivity contribution in [2.45, 2.75) is 13.8 Å². The molecule has 0 amide bonds. The lowest BCUT2D eigenvalue weighted by Crippen LogP contribution is -2.03. The van der Waals surface area contributed by atoms with Gasteiger partial charge in [0.05, 0.1) is 0 Å². The molecule has 0 aliphatic heterocycles. The predicted octanol–water partition coefficient (Wildman–Crippen LogP) is 4.34. The normalized spacial score (nSPS) is 9.89. The zero-order valence-electron chi connectivity index (χ0n) is 10.7. The predicted molar refractivity (Wildman–Crippen MR) is 75.6 cm³/mol. The molecule has 1 heteroatoms. The summed E-state index contributed by atoms with van der Waals surface area (Å²) in [6.45, 7) is 4.06. The van der Waals surface area contributed by atoms with E-state index in [9.17, 15) is 4.79 Å². The van der Waals surface area contributed by atoms with Gasteiger partial charge in [-0.05, 0) is 19.4 Å². The summed E-state index contributed by atoms with van der Waals surface area (Å²) in [5.41, 5.74) is 3.65. The van der Waals surface area contributed by atoms with E-state index >= 15 is 0 Å². The largest absolute Gasteiger partial charge is 0.289 e. The summed E-state index contributed by atoms with van der Waals surface area (Å²) in [4.78, 5) is 12.4. The van der Waals surface area contributed by atoms with Crippen LogP contribution in [0.5, 0.6) is 0 Å². The fraction of sp³-hybridized carbons (Fsp3) is 0.118. The van der Waals surface area contributed by atoms with Gasteiger partial charge in [-0.3, -0.25) is 4.79 Å². The molecule has 0 unspecified atom stereocenters. The second-order valence-corrected chi connectivity index (χ2v) is 4.50. The van der Waals surface area contributed by atoms with Crippen LogP contribution >= 0.6 is 0 Å². The Kier molecular flexibility index (Phi) is 3.73. The second kappa shape index (κ2) is 5.46. The number of hydrogen-bond acceptors (Lipinski definition) is 1. The number of hydrogen-bond donors (Lipinski definition) is 0. The Morgan fingerprint density at radius 2 is 1.50 bits per heavy atom. The lowest BCUT2D eigenvalue weighted by molar-refractivity contribution is 0.103. The average molecular weight is 236 g/mol. The molecular weight excluding hydrogens is 220 g/mol. The number of rotatable bonds is 3. The highest BCUT2D eigenvalue weighted by atomic mass is 16.1. The third-order valence-corrected chi connectivity index (χ3v) is 2.69. The first-order chi connectivity index (χ1) is 8.68. The van der Waals surface area contributed by atoms with Crippen LogP contribution in [0.4, 0.5) is 0 Å². The van der Waals surface area contributed by atoms with Crippen molar-refractivity contribution in [3.63, 3.8) is 0 Å². The molecule has 90 valence electrons. The van der Waals surface area contributed by atoms with E-state index in [1.807, 2.05) is 74.5 Å². The van der Waals surface area contributed by atoms with E-state index in [4.69, 9.17) is 0 Å². The number of ketones is 1. The highest BCUT2D eigenvalue weighted by molar-refractivity contribution is 6.11. The topological polar surface area (TPSA) is 17.1 Å². The lowest BCUT2D eigenvalue weighted by Gasteiger charge is -2.05. The van der Waals surface area contributed by atoms with Crippen LogP contribution in [0.25, 0.3) is 6.08 Å². The van der Waals surface area contributed by atoms with Gasteiger partial charge in [0, 0.05) is 11.1 Å². The maximum atomic E-state index is 12.4. The molecule has 0 aromatic heterocycles. The molecule has 2 aromatic rings. The van der Waals surface area contributed by atoms with Gasteiger partial charge in [0.25, 0.3) is 0 Å². The minimum Gasteiger partial charge on any atom is -0.289 e. The van der Waals surface area contributed by atoms with Crippen LogP contribution in [-0.4, -0.2) is 5.78 Å². The van der Waals surface area contributed by atoms with Crippen molar-refractivity contribution >= 4 is 11.9 Å². The van der Waals surface area contributed by atoms with Gasteiger partial charge >= 0.3 is 0 Å². The quantitative estimate of drug-likeness (QED) is 0.724. The Hall–Kier alpha value is -2.15. The van der Waals surface area contributed by atoms with Crippen LogP contribution < -0.4 is 0 Å². The van der Waals surface area contributed by atoms with Gasteiger partial charge in [-0.2, -0.15) is 0 Å². The molecular formula is C17H16O. The van der Waals surface area contributed by atoms with Gasteiger partial charge in [-0.15, -0.1) is 0 Å². The standard InChI is InChI=1S/C17H16O/c1-13(2)12-15-10-6-7-11-16(15)17(18)14-8-4-3-5-9-14/h3-12H,1-2H3. The van der Waals surface area contributed by atoms with E-state index in [-0.39, 0.29) is 5.78 Å². The van der Waals surface area contributed by atoms with Gasteiger partial charge < -0.3 is 0 Å². The third-order valence-electron chi connectivity index (χ3n) is 2.69. The monoisotopic (exact) mass is 236 g/mol. The molecule has 0 atom stereocenters. The Balaban J connectivity index is 2.46. The van der Waals surface area contributed by atoms with E-state index in [1.54, 1.807) is 0 Å². The molecule has 0 radical (unpaired) electrons. The summed E-state index contributed by atoms with van der Waals surface area (Å²) in [7, 11) is 0. The molecule has 0 heterocycles. The van der Waals surface area contributed by atoms with E-state index < -0.39 is 0 Å². The molecule has 18 heavy (non-hydrogen) atoms. The zero-order valence-corrected chi connectivity index (χ0v) is 10.7. The van der Waals surface area contributed by atoms with Gasteiger partial charge in [-0.1, -0.05) is 66.2 Å². The van der Waals surface area contributed by atoms with Crippen molar-refractivity contribution in [2.75, 3.05) is 0 Å². The summed E-state index contributed by atoms with van der Waals surface area (Å²) in [5.74, 6) is 0.0729. The first-order valence-corrected chi connectivity index (χ1v) is 6.02. The number of allylic oxidation sites excluding steroid dienone is 1. The lowest BCUT2D eigenvalue weighted by atomic mass is 9.97. The average Bonchev–Trinajstić information content (AvgIpc) is 2.39. The molecule has 0 aliphatic carbocycles. The van der Waals surface area contributed by atoms with Crippen LogP contribution in [0.3, 0.4) is 0 Å². The summed E-state index contributed by atoms with van der Waals surface area (Å²) in [6.07, 6.45) is 2.04. The molecule has 2 aromatic carbocycles. The minimum atomic E-state index is 0.0729. The van der Waals surface area contributed by atoms with Gasteiger partial charge in [-0.25, -0.2) is 0 Å². The molecule has 0 bridgehead atoms. The smallest absolute Gasteiger partial charge is 0.193 e. The van der Waals surface area contributed by atoms with Crippen molar-refractivity contribution in [1.82, 2.24) is 0 Å². The number of carbonyl (C=O) groups excluding carboxylic acids is 1. The summed E-state index contributed by atoms with van der Waals surface area (Å²) in [5, 5.41) is 0. The summed E-state index contributed by atoms with van der Waals surface area (Å²) < 4.78 is 0. The van der Waals surface area contributed by atoms with Crippen molar-refractivity contribution in [3.05, 3.63) is 76.9 Å². The SMILES string of the molecule is CC(C)=Cc1ccccc1C(=O)c1ccccc1. The molecule has 0 fully saturated rings. The highest BCUT2D eigenvalue weighted by Crippen LogP contribution is 2.17. The van der Waals surface area contributed by atoms with Gasteiger partial charge in [0.2, 0.25) is 0 Å². The van der Waals surface area contributed by atoms with Crippen molar-refractivity contribution in [2.24, 2.45) is 0 Å². The van der Waals surface area contributed by atoms with Crippen LogP contribution in [0.15, 0.2) is 60.2 Å². The Bertz CT molecular complexity index is 576. The fourth-order valence-electron chi connectivity index (χ4n) is 1.89. The van der Waals surface area contributed by atoms with Crippen molar-refractivity contribution in [3.8, 4) is 0 Å². The third kappa shape index (κ3) is 2.75. The van der Waals surface area contributed by atoms with Crippen LogP contribution in [0, 0.1) is 0 Å². The first kappa shape index (κ1) is 12.3. The Morgan fingerprint density at radius 3 is 2.17 bits per heavy atom. The second-order valence-electron chi connectivity index (χ2n) is 4.50. The van der Waals surface area contributed by atoms with E-state index in [2.05, 4.69) is 0 Å². The molecule has 0 aliphatic rings. The molecule has 0 spiro atoms. The maximum absolute atomic E-state index is 12.4. The number of carbonyl (C=O) groups is 1. The summed E-state index contributed by atoms with van der Waals surface area (Å²) >= 11 is 0. The van der Waals surface area contributed by atoms with E-state index in [0.717, 1.165) is 16.7 Å². The molecule has 0 saturated heterocycles. The molecule has 2 rings (SSSR count). The van der Waals surface area contributed by atoms with Gasteiger partial charge in [0.1, 0.15) is 0 Å². The maximum Gasteiger partial charge on any atom is 0.193 e. The molecule has 0 N–H and O–H groups in total. The minimum absolute atomic E-state index is 0.0729. The Morgan fingerprint density at radius 1 is 0.889 bits per heavy atom. The molecule has 1 nitrogen and oxygen atoms in total. The van der Waals surface area contributed by atoms with Crippen LogP contribution in [0.1, 0.15) is 35.3 Å². The van der Waals surface area contributed by atoms with Crippen LogP contribution in [-0.2, 0) is 0 Å². The van der Waals surface area contributed by atoms with E-state index in [1.165, 1.54) is 5.57 Å². The van der Waals surface area contributed by atoms with Crippen molar-refractivity contribution < 1.29 is 4.79 Å². The van der Waals surface area contributed by atoms with Crippen LogP contribution in [0.2, 0.25) is 0 Å². The number of benzene rings is 2. The van der Waals surface area contributed by atoms with Gasteiger partial charge in [0.15, 0.2) is 5.78 Å².